The highest BCUT2D eigenvalue weighted by molar-refractivity contribution is 4.98. The summed E-state index contributed by atoms with van der Waals surface area (Å²) in [6.45, 7) is 8.12. The van der Waals surface area contributed by atoms with Crippen LogP contribution in [0.4, 0.5) is 0 Å². The van der Waals surface area contributed by atoms with Gasteiger partial charge >= 0.3 is 0 Å². The van der Waals surface area contributed by atoms with Gasteiger partial charge in [0.1, 0.15) is 0 Å². The van der Waals surface area contributed by atoms with Crippen molar-refractivity contribution in [2.75, 3.05) is 20.3 Å². The van der Waals surface area contributed by atoms with Crippen LogP contribution in [0.25, 0.3) is 0 Å². The van der Waals surface area contributed by atoms with E-state index in [1.54, 1.807) is 7.11 Å². The highest BCUT2D eigenvalue weighted by atomic mass is 16.5. The Morgan fingerprint density at radius 2 is 2.17 bits per heavy atom. The van der Waals surface area contributed by atoms with Crippen molar-refractivity contribution in [2.24, 2.45) is 0 Å². The van der Waals surface area contributed by atoms with Crippen LogP contribution in [0.3, 0.4) is 0 Å². The predicted octanol–water partition coefficient (Wildman–Crippen LogP) is 2.14. The summed E-state index contributed by atoms with van der Waals surface area (Å²) in [5.74, 6) is 1.74. The molecule has 1 aromatic heterocycles. The lowest BCUT2D eigenvalue weighted by Gasteiger charge is -2.20. The van der Waals surface area contributed by atoms with Gasteiger partial charge in [-0.1, -0.05) is 19.0 Å². The molecular weight excluding hydrogens is 230 g/mol. The molecule has 0 aliphatic heterocycles. The van der Waals surface area contributed by atoms with Gasteiger partial charge in [-0.3, -0.25) is 0 Å². The van der Waals surface area contributed by atoms with E-state index in [-0.39, 0.29) is 5.92 Å². The van der Waals surface area contributed by atoms with Crippen LogP contribution < -0.4 is 5.32 Å². The molecule has 1 aromatic rings. The van der Waals surface area contributed by atoms with Gasteiger partial charge in [-0.25, -0.2) is 0 Å². The summed E-state index contributed by atoms with van der Waals surface area (Å²) < 4.78 is 10.4. The molecular formula is C13H25N3O2. The molecule has 2 unspecified atom stereocenters. The molecule has 0 aromatic carbocycles. The number of hydrogen-bond donors (Lipinski definition) is 1. The molecule has 18 heavy (non-hydrogen) atoms. The van der Waals surface area contributed by atoms with Crippen LogP contribution in [0.15, 0.2) is 4.52 Å². The third-order valence-corrected chi connectivity index (χ3v) is 3.09. The fraction of sp³-hybridized carbons (Fsp3) is 0.846. The highest BCUT2D eigenvalue weighted by Gasteiger charge is 2.23. The summed E-state index contributed by atoms with van der Waals surface area (Å²) in [5, 5.41) is 7.47. The molecule has 0 aliphatic carbocycles. The number of nitrogens with zero attached hydrogens (tertiary/aromatic N) is 2. The minimum atomic E-state index is 0.278. The standard InChI is InChI=1S/C13H25N3O2/c1-5-8-14-10(3)11(6-2)13-15-12(16-18-13)7-9-17-4/h10-11,14H,5-9H2,1-4H3. The molecule has 1 rings (SSSR count). The second-order valence-electron chi connectivity index (χ2n) is 4.55. The van der Waals surface area contributed by atoms with Crippen LogP contribution in [-0.2, 0) is 11.2 Å². The molecule has 0 saturated carbocycles. The van der Waals surface area contributed by atoms with Crippen LogP contribution in [-0.4, -0.2) is 36.4 Å². The first kappa shape index (κ1) is 15.1. The number of methoxy groups -OCH3 is 1. The number of hydrogen-bond acceptors (Lipinski definition) is 5. The summed E-state index contributed by atoms with van der Waals surface area (Å²) in [6.07, 6.45) is 2.82. The number of aromatic nitrogens is 2. The van der Waals surface area contributed by atoms with E-state index >= 15 is 0 Å². The molecule has 0 saturated heterocycles. The Balaban J connectivity index is 2.60. The fourth-order valence-corrected chi connectivity index (χ4v) is 1.97. The van der Waals surface area contributed by atoms with E-state index < -0.39 is 0 Å². The van der Waals surface area contributed by atoms with Gasteiger partial charge in [0.25, 0.3) is 0 Å². The first-order chi connectivity index (χ1) is 8.72. The Bertz CT molecular complexity index is 328. The predicted molar refractivity (Wildman–Crippen MR) is 70.7 cm³/mol. The SMILES string of the molecule is CCCNC(C)C(CC)c1nc(CCOC)no1. The van der Waals surface area contributed by atoms with Crippen molar-refractivity contribution in [1.82, 2.24) is 15.5 Å². The van der Waals surface area contributed by atoms with E-state index in [4.69, 9.17) is 9.26 Å². The van der Waals surface area contributed by atoms with Crippen LogP contribution in [0.1, 0.15) is 51.2 Å². The Hall–Kier alpha value is -0.940. The normalized spacial score (nSPS) is 14.7. The number of nitrogens with one attached hydrogen (secondary N) is 1. The van der Waals surface area contributed by atoms with Crippen LogP contribution in [0.2, 0.25) is 0 Å². The molecule has 0 bridgehead atoms. The summed E-state index contributed by atoms with van der Waals surface area (Å²) >= 11 is 0. The van der Waals surface area contributed by atoms with Gasteiger partial charge in [-0.2, -0.15) is 4.98 Å². The van der Waals surface area contributed by atoms with Crippen molar-refractivity contribution in [2.45, 2.75) is 52.0 Å². The van der Waals surface area contributed by atoms with E-state index in [0.717, 1.165) is 31.1 Å². The van der Waals surface area contributed by atoms with Crippen molar-refractivity contribution in [3.63, 3.8) is 0 Å². The molecule has 1 N–H and O–H groups in total. The zero-order valence-corrected chi connectivity index (χ0v) is 11.9. The smallest absolute Gasteiger partial charge is 0.231 e. The van der Waals surface area contributed by atoms with Crippen molar-refractivity contribution in [1.29, 1.82) is 0 Å². The van der Waals surface area contributed by atoms with E-state index in [0.29, 0.717) is 19.1 Å². The van der Waals surface area contributed by atoms with Crippen LogP contribution in [0.5, 0.6) is 0 Å². The lowest BCUT2D eigenvalue weighted by Crippen LogP contribution is -2.32. The monoisotopic (exact) mass is 255 g/mol. The van der Waals surface area contributed by atoms with Crippen molar-refractivity contribution >= 4 is 0 Å². The lowest BCUT2D eigenvalue weighted by molar-refractivity contribution is 0.199. The molecule has 0 amide bonds. The van der Waals surface area contributed by atoms with E-state index in [9.17, 15) is 0 Å². The zero-order chi connectivity index (χ0) is 13.4. The Morgan fingerprint density at radius 3 is 2.78 bits per heavy atom. The maximum Gasteiger partial charge on any atom is 0.231 e. The third kappa shape index (κ3) is 4.38. The molecule has 5 nitrogen and oxygen atoms in total. The van der Waals surface area contributed by atoms with Crippen LogP contribution in [0, 0.1) is 0 Å². The van der Waals surface area contributed by atoms with Gasteiger partial charge in [0, 0.05) is 19.6 Å². The minimum Gasteiger partial charge on any atom is -0.384 e. The van der Waals surface area contributed by atoms with Gasteiger partial charge in [0.05, 0.1) is 12.5 Å². The Morgan fingerprint density at radius 1 is 1.39 bits per heavy atom. The minimum absolute atomic E-state index is 0.278. The molecule has 0 spiro atoms. The second kappa shape index (κ2) is 8.21. The summed E-state index contributed by atoms with van der Waals surface area (Å²) in [5.41, 5.74) is 0. The molecule has 2 atom stereocenters. The van der Waals surface area contributed by atoms with Crippen molar-refractivity contribution in [3.05, 3.63) is 11.7 Å². The molecule has 0 radical (unpaired) electrons. The fourth-order valence-electron chi connectivity index (χ4n) is 1.97. The molecule has 1 heterocycles. The maximum absolute atomic E-state index is 5.36. The van der Waals surface area contributed by atoms with Gasteiger partial charge in [0.2, 0.25) is 5.89 Å². The zero-order valence-electron chi connectivity index (χ0n) is 11.9. The van der Waals surface area contributed by atoms with Gasteiger partial charge in [0.15, 0.2) is 5.82 Å². The van der Waals surface area contributed by atoms with Crippen molar-refractivity contribution in [3.8, 4) is 0 Å². The first-order valence-electron chi connectivity index (χ1n) is 6.77. The maximum atomic E-state index is 5.36. The molecule has 5 heteroatoms. The lowest BCUT2D eigenvalue weighted by atomic mass is 9.98. The average Bonchev–Trinajstić information content (AvgIpc) is 2.83. The van der Waals surface area contributed by atoms with Gasteiger partial charge < -0.3 is 14.6 Å². The second-order valence-corrected chi connectivity index (χ2v) is 4.55. The van der Waals surface area contributed by atoms with Crippen molar-refractivity contribution < 1.29 is 9.26 Å². The van der Waals surface area contributed by atoms with Gasteiger partial charge in [-0.15, -0.1) is 0 Å². The summed E-state index contributed by atoms with van der Waals surface area (Å²) in [6, 6.07) is 0.352. The highest BCUT2D eigenvalue weighted by Crippen LogP contribution is 2.21. The molecule has 104 valence electrons. The molecule has 0 aliphatic rings. The average molecular weight is 255 g/mol. The molecule has 0 fully saturated rings. The number of rotatable bonds is 9. The largest absolute Gasteiger partial charge is 0.384 e. The quantitative estimate of drug-likeness (QED) is 0.732. The summed E-state index contributed by atoms with van der Waals surface area (Å²) in [7, 11) is 1.67. The van der Waals surface area contributed by atoms with E-state index in [2.05, 4.69) is 36.2 Å². The van der Waals surface area contributed by atoms with Gasteiger partial charge in [-0.05, 0) is 26.3 Å². The van der Waals surface area contributed by atoms with Crippen LogP contribution >= 0.6 is 0 Å². The summed E-state index contributed by atoms with van der Waals surface area (Å²) in [4.78, 5) is 4.45. The third-order valence-electron chi connectivity index (χ3n) is 3.09. The number of ether oxygens (including phenoxy) is 1. The Labute approximate surface area is 109 Å². The van der Waals surface area contributed by atoms with E-state index in [1.165, 1.54) is 0 Å². The first-order valence-corrected chi connectivity index (χ1v) is 6.77. The van der Waals surface area contributed by atoms with E-state index in [1.807, 2.05) is 0 Å². The topological polar surface area (TPSA) is 60.2 Å². The Kier molecular flexibility index (Phi) is 6.90.